The number of hydrogen-bond acceptors (Lipinski definition) is 3. The zero-order chi connectivity index (χ0) is 22.6. The smallest absolute Gasteiger partial charge is 0.321 e. The Bertz CT molecular complexity index is 939. The van der Waals surface area contributed by atoms with E-state index in [2.05, 4.69) is 5.32 Å². The van der Waals surface area contributed by atoms with Crippen LogP contribution in [0, 0.1) is 6.92 Å². The second-order valence-electron chi connectivity index (χ2n) is 7.99. The van der Waals surface area contributed by atoms with Crippen LogP contribution in [0.2, 0.25) is 10.0 Å². The second kappa shape index (κ2) is 9.90. The van der Waals surface area contributed by atoms with Crippen LogP contribution < -0.4 is 5.32 Å². The van der Waals surface area contributed by atoms with Crippen LogP contribution in [0.4, 0.5) is 10.5 Å². The molecular formula is C23H27Cl2N3O3. The predicted molar refractivity (Wildman–Crippen MR) is 124 cm³/mol. The third kappa shape index (κ3) is 6.12. The zero-order valence-corrected chi connectivity index (χ0v) is 19.2. The molecule has 0 aromatic heterocycles. The predicted octanol–water partition coefficient (Wildman–Crippen LogP) is 4.82. The van der Waals surface area contributed by atoms with Crippen LogP contribution in [0.1, 0.15) is 35.7 Å². The number of rotatable bonds is 5. The Balaban J connectivity index is 1.59. The number of likely N-dealkylation sites (tertiary alicyclic amines) is 1. The van der Waals surface area contributed by atoms with Gasteiger partial charge in [0, 0.05) is 47.5 Å². The second-order valence-corrected chi connectivity index (χ2v) is 8.86. The summed E-state index contributed by atoms with van der Waals surface area (Å²) in [5, 5.41) is 14.8. The highest BCUT2D eigenvalue weighted by Gasteiger charge is 2.36. The van der Waals surface area contributed by atoms with E-state index in [0.717, 1.165) is 5.56 Å². The van der Waals surface area contributed by atoms with Crippen LogP contribution in [0.3, 0.4) is 0 Å². The summed E-state index contributed by atoms with van der Waals surface area (Å²) in [6.45, 7) is 5.33. The van der Waals surface area contributed by atoms with Crippen LogP contribution in [0.15, 0.2) is 42.5 Å². The van der Waals surface area contributed by atoms with Crippen LogP contribution in [0.5, 0.6) is 0 Å². The molecule has 1 heterocycles. The van der Waals surface area contributed by atoms with Crippen molar-refractivity contribution in [2.45, 2.75) is 32.3 Å². The van der Waals surface area contributed by atoms with Gasteiger partial charge in [-0.05, 0) is 57.0 Å². The summed E-state index contributed by atoms with van der Waals surface area (Å²) < 4.78 is 0. The molecule has 3 amide bonds. The lowest BCUT2D eigenvalue weighted by atomic mass is 9.90. The fraction of sp³-hybridized carbons (Fsp3) is 0.391. The molecule has 1 fully saturated rings. The minimum atomic E-state index is -1.04. The number of aryl methyl sites for hydroxylation is 1. The molecule has 166 valence electrons. The van der Waals surface area contributed by atoms with Crippen molar-refractivity contribution >= 4 is 40.8 Å². The Morgan fingerprint density at radius 3 is 2.35 bits per heavy atom. The van der Waals surface area contributed by atoms with Gasteiger partial charge in [-0.2, -0.15) is 0 Å². The average molecular weight is 464 g/mol. The number of nitrogens with zero attached hydrogens (tertiary/aromatic N) is 2. The molecule has 2 aromatic rings. The number of amides is 3. The van der Waals surface area contributed by atoms with E-state index < -0.39 is 5.60 Å². The van der Waals surface area contributed by atoms with Crippen molar-refractivity contribution in [3.05, 3.63) is 63.6 Å². The molecule has 0 spiro atoms. The van der Waals surface area contributed by atoms with Gasteiger partial charge in [0.25, 0.3) is 5.91 Å². The maximum Gasteiger partial charge on any atom is 0.321 e. The largest absolute Gasteiger partial charge is 0.388 e. The van der Waals surface area contributed by atoms with Gasteiger partial charge in [-0.15, -0.1) is 0 Å². The van der Waals surface area contributed by atoms with Crippen molar-refractivity contribution in [2.24, 2.45) is 0 Å². The molecule has 31 heavy (non-hydrogen) atoms. The van der Waals surface area contributed by atoms with E-state index in [0.29, 0.717) is 53.8 Å². The minimum absolute atomic E-state index is 0.0994. The number of aliphatic hydroxyl groups is 1. The molecule has 2 N–H and O–H groups in total. The first-order valence-corrected chi connectivity index (χ1v) is 11.0. The van der Waals surface area contributed by atoms with Gasteiger partial charge in [0.2, 0.25) is 0 Å². The molecule has 6 nitrogen and oxygen atoms in total. The minimum Gasteiger partial charge on any atom is -0.388 e. The van der Waals surface area contributed by atoms with Gasteiger partial charge in [-0.3, -0.25) is 4.79 Å². The van der Waals surface area contributed by atoms with Crippen molar-refractivity contribution in [2.75, 3.05) is 31.5 Å². The van der Waals surface area contributed by atoms with E-state index in [1.807, 2.05) is 32.0 Å². The van der Waals surface area contributed by atoms with E-state index in [1.54, 1.807) is 34.1 Å². The quantitative estimate of drug-likeness (QED) is 0.666. The van der Waals surface area contributed by atoms with E-state index in [9.17, 15) is 14.7 Å². The number of piperidine rings is 1. The van der Waals surface area contributed by atoms with Crippen molar-refractivity contribution in [3.63, 3.8) is 0 Å². The first-order chi connectivity index (χ1) is 14.7. The van der Waals surface area contributed by atoms with Gasteiger partial charge in [-0.25, -0.2) is 4.79 Å². The SMILES string of the molecule is CCN(CC1(O)CCN(C(=O)Nc2cc(Cl)cc(Cl)c2)CC1)C(=O)c1cccc(C)c1. The molecular weight excluding hydrogens is 437 g/mol. The Hall–Kier alpha value is -2.28. The zero-order valence-electron chi connectivity index (χ0n) is 17.7. The highest BCUT2D eigenvalue weighted by Crippen LogP contribution is 2.26. The van der Waals surface area contributed by atoms with Gasteiger partial charge in [0.15, 0.2) is 0 Å². The Morgan fingerprint density at radius 2 is 1.77 bits per heavy atom. The van der Waals surface area contributed by atoms with Gasteiger partial charge >= 0.3 is 6.03 Å². The first-order valence-electron chi connectivity index (χ1n) is 10.3. The molecule has 0 unspecified atom stereocenters. The molecule has 0 radical (unpaired) electrons. The summed E-state index contributed by atoms with van der Waals surface area (Å²) in [6, 6.07) is 12.0. The van der Waals surface area contributed by atoms with Crippen LogP contribution in [-0.2, 0) is 0 Å². The lowest BCUT2D eigenvalue weighted by molar-refractivity contribution is -0.0323. The highest BCUT2D eigenvalue weighted by molar-refractivity contribution is 6.35. The van der Waals surface area contributed by atoms with E-state index >= 15 is 0 Å². The van der Waals surface area contributed by atoms with E-state index in [4.69, 9.17) is 23.2 Å². The van der Waals surface area contributed by atoms with Gasteiger partial charge in [0.05, 0.1) is 5.60 Å². The van der Waals surface area contributed by atoms with Gasteiger partial charge < -0.3 is 20.2 Å². The maximum atomic E-state index is 12.9. The molecule has 3 rings (SSSR count). The normalized spacial score (nSPS) is 15.5. The van der Waals surface area contributed by atoms with Crippen molar-refractivity contribution < 1.29 is 14.7 Å². The maximum absolute atomic E-state index is 12.9. The Labute approximate surface area is 192 Å². The van der Waals surface area contributed by atoms with Crippen molar-refractivity contribution in [3.8, 4) is 0 Å². The molecule has 0 aliphatic carbocycles. The number of carbonyl (C=O) groups excluding carboxylic acids is 2. The van der Waals surface area contributed by atoms with Gasteiger partial charge in [0.1, 0.15) is 0 Å². The number of urea groups is 1. The molecule has 1 aliphatic heterocycles. The average Bonchev–Trinajstić information content (AvgIpc) is 2.71. The first kappa shape index (κ1) is 23.4. The molecule has 1 saturated heterocycles. The molecule has 1 aliphatic rings. The molecule has 0 bridgehead atoms. The summed E-state index contributed by atoms with van der Waals surface area (Å²) in [5.41, 5.74) is 1.11. The van der Waals surface area contributed by atoms with Crippen molar-refractivity contribution in [1.82, 2.24) is 9.80 Å². The third-order valence-electron chi connectivity index (χ3n) is 5.51. The highest BCUT2D eigenvalue weighted by atomic mass is 35.5. The number of hydrogen-bond donors (Lipinski definition) is 2. The summed E-state index contributed by atoms with van der Waals surface area (Å²) in [7, 11) is 0. The van der Waals surface area contributed by atoms with Crippen LogP contribution in [-0.4, -0.2) is 58.6 Å². The number of halogens is 2. The number of nitrogens with one attached hydrogen (secondary N) is 1. The fourth-order valence-corrected chi connectivity index (χ4v) is 4.28. The van der Waals surface area contributed by atoms with Crippen molar-refractivity contribution in [1.29, 1.82) is 0 Å². The summed E-state index contributed by atoms with van der Waals surface area (Å²) in [5.74, 6) is -0.0994. The number of benzene rings is 2. The standard InChI is InChI=1S/C23H27Cl2N3O3/c1-3-27(21(29)17-6-4-5-16(2)11-17)15-23(31)7-9-28(10-8-23)22(30)26-20-13-18(24)12-19(25)14-20/h4-6,11-14,31H,3,7-10,15H2,1-2H3,(H,26,30). The van der Waals surface area contributed by atoms with Crippen LogP contribution >= 0.6 is 23.2 Å². The Kier molecular flexibility index (Phi) is 7.46. The fourth-order valence-electron chi connectivity index (χ4n) is 3.76. The number of likely N-dealkylation sites (N-methyl/N-ethyl adjacent to an activating group) is 1. The van der Waals surface area contributed by atoms with Gasteiger partial charge in [-0.1, -0.05) is 40.9 Å². The summed E-state index contributed by atoms with van der Waals surface area (Å²) >= 11 is 12.0. The molecule has 0 saturated carbocycles. The van der Waals surface area contributed by atoms with E-state index in [1.165, 1.54) is 0 Å². The lowest BCUT2D eigenvalue weighted by Gasteiger charge is -2.40. The van der Waals surface area contributed by atoms with E-state index in [-0.39, 0.29) is 18.5 Å². The molecule has 2 aromatic carbocycles. The third-order valence-corrected chi connectivity index (χ3v) is 5.95. The molecule has 8 heteroatoms. The Morgan fingerprint density at radius 1 is 1.13 bits per heavy atom. The topological polar surface area (TPSA) is 72.9 Å². The number of carbonyl (C=O) groups is 2. The van der Waals surface area contributed by atoms with Crippen LogP contribution in [0.25, 0.3) is 0 Å². The number of anilines is 1. The molecule has 0 atom stereocenters. The lowest BCUT2D eigenvalue weighted by Crippen LogP contribution is -2.53. The monoisotopic (exact) mass is 463 g/mol. The summed E-state index contributed by atoms with van der Waals surface area (Å²) in [4.78, 5) is 28.8. The summed E-state index contributed by atoms with van der Waals surface area (Å²) in [6.07, 6.45) is 0.767.